The van der Waals surface area contributed by atoms with Gasteiger partial charge in [0.25, 0.3) is 0 Å². The van der Waals surface area contributed by atoms with E-state index >= 15 is 0 Å². The molecule has 0 spiro atoms. The molecule has 0 radical (unpaired) electrons. The Hall–Kier alpha value is -0.870. The number of nitrogens with one attached hydrogen (secondary N) is 1. The van der Waals surface area contributed by atoms with Crippen LogP contribution in [0.4, 0.5) is 0 Å². The number of hydrogen-bond acceptors (Lipinski definition) is 3. The second-order valence-electron chi connectivity index (χ2n) is 5.24. The Morgan fingerprint density at radius 3 is 3.12 bits per heavy atom. The molecule has 1 aliphatic heterocycles. The highest BCUT2D eigenvalue weighted by Crippen LogP contribution is 2.27. The molecule has 1 N–H and O–H groups in total. The number of aromatic nitrogens is 2. The summed E-state index contributed by atoms with van der Waals surface area (Å²) in [5.74, 6) is 0.566. The van der Waals surface area contributed by atoms with E-state index in [4.69, 9.17) is 4.74 Å². The fourth-order valence-electron chi connectivity index (χ4n) is 2.36. The summed E-state index contributed by atoms with van der Waals surface area (Å²) in [6.07, 6.45) is 5.02. The number of nitrogens with zero attached hydrogens (tertiary/aromatic N) is 2. The Labute approximate surface area is 103 Å². The van der Waals surface area contributed by atoms with Gasteiger partial charge in [0.05, 0.1) is 18.6 Å². The van der Waals surface area contributed by atoms with Crippen LogP contribution in [0.5, 0.6) is 0 Å². The lowest BCUT2D eigenvalue weighted by Crippen LogP contribution is -2.30. The number of hydrogen-bond donors (Lipinski definition) is 1. The van der Waals surface area contributed by atoms with E-state index in [1.54, 1.807) is 0 Å². The molecule has 2 atom stereocenters. The van der Waals surface area contributed by atoms with Gasteiger partial charge in [-0.15, -0.1) is 0 Å². The molecule has 1 aliphatic rings. The summed E-state index contributed by atoms with van der Waals surface area (Å²) in [6.45, 7) is 9.20. The average Bonchev–Trinajstić information content (AvgIpc) is 2.75. The Morgan fingerprint density at radius 1 is 1.59 bits per heavy atom. The molecule has 1 fully saturated rings. The average molecular weight is 237 g/mol. The Bertz CT molecular complexity index is 348. The van der Waals surface area contributed by atoms with Gasteiger partial charge < -0.3 is 14.6 Å². The molecule has 2 rings (SSSR count). The van der Waals surface area contributed by atoms with Crippen LogP contribution in [-0.2, 0) is 11.3 Å². The minimum absolute atomic E-state index is 0.505. The molecule has 2 heterocycles. The van der Waals surface area contributed by atoms with E-state index in [1.165, 1.54) is 5.69 Å². The van der Waals surface area contributed by atoms with Crippen molar-refractivity contribution in [2.75, 3.05) is 13.2 Å². The highest BCUT2D eigenvalue weighted by atomic mass is 16.5. The van der Waals surface area contributed by atoms with Crippen molar-refractivity contribution in [3.05, 3.63) is 18.2 Å². The summed E-state index contributed by atoms with van der Waals surface area (Å²) in [5, 5.41) is 3.45. The molecule has 96 valence electrons. The minimum atomic E-state index is 0.505. The van der Waals surface area contributed by atoms with Crippen LogP contribution in [0.15, 0.2) is 12.5 Å². The van der Waals surface area contributed by atoms with Crippen LogP contribution >= 0.6 is 0 Å². The predicted octanol–water partition coefficient (Wildman–Crippen LogP) is 1.98. The van der Waals surface area contributed by atoms with Crippen LogP contribution in [0.2, 0.25) is 0 Å². The fraction of sp³-hybridized carbons (Fsp3) is 0.769. The Kier molecular flexibility index (Phi) is 4.18. The topological polar surface area (TPSA) is 39.1 Å². The lowest BCUT2D eigenvalue weighted by Gasteiger charge is -2.31. The second kappa shape index (κ2) is 5.65. The molecule has 1 aromatic rings. The minimum Gasteiger partial charge on any atom is -0.381 e. The van der Waals surface area contributed by atoms with E-state index in [2.05, 4.69) is 35.6 Å². The summed E-state index contributed by atoms with van der Waals surface area (Å²) in [6, 6.07) is 1.04. The molecular weight excluding hydrogens is 214 g/mol. The third-order valence-corrected chi connectivity index (χ3v) is 3.39. The molecule has 4 heteroatoms. The van der Waals surface area contributed by atoms with Gasteiger partial charge in [-0.3, -0.25) is 0 Å². The molecule has 0 amide bonds. The van der Waals surface area contributed by atoms with Crippen molar-refractivity contribution in [2.45, 2.75) is 45.8 Å². The van der Waals surface area contributed by atoms with E-state index in [9.17, 15) is 0 Å². The van der Waals surface area contributed by atoms with E-state index < -0.39 is 0 Å². The zero-order valence-corrected chi connectivity index (χ0v) is 11.0. The van der Waals surface area contributed by atoms with Crippen LogP contribution in [0.25, 0.3) is 0 Å². The molecule has 17 heavy (non-hydrogen) atoms. The third-order valence-electron chi connectivity index (χ3n) is 3.39. The van der Waals surface area contributed by atoms with Gasteiger partial charge in [0.15, 0.2) is 0 Å². The van der Waals surface area contributed by atoms with Crippen molar-refractivity contribution >= 4 is 0 Å². The molecule has 1 aromatic heterocycles. The third kappa shape index (κ3) is 3.07. The number of ether oxygens (including phenoxy) is 1. The summed E-state index contributed by atoms with van der Waals surface area (Å²) >= 11 is 0. The SMILES string of the molecule is CC(C)NCc1cncn1C1CCOCC1C. The smallest absolute Gasteiger partial charge is 0.0951 e. The first-order chi connectivity index (χ1) is 8.18. The summed E-state index contributed by atoms with van der Waals surface area (Å²) in [4.78, 5) is 4.29. The molecule has 4 nitrogen and oxygen atoms in total. The second-order valence-corrected chi connectivity index (χ2v) is 5.24. The van der Waals surface area contributed by atoms with Crippen LogP contribution in [0.1, 0.15) is 38.9 Å². The van der Waals surface area contributed by atoms with Gasteiger partial charge >= 0.3 is 0 Å². The maximum Gasteiger partial charge on any atom is 0.0951 e. The van der Waals surface area contributed by atoms with E-state index in [1.807, 2.05) is 12.5 Å². The van der Waals surface area contributed by atoms with Crippen LogP contribution in [-0.4, -0.2) is 28.8 Å². The van der Waals surface area contributed by atoms with Gasteiger partial charge in [-0.1, -0.05) is 20.8 Å². The van der Waals surface area contributed by atoms with E-state index in [0.717, 1.165) is 26.2 Å². The van der Waals surface area contributed by atoms with Crippen molar-refractivity contribution < 1.29 is 4.74 Å². The zero-order chi connectivity index (χ0) is 12.3. The van der Waals surface area contributed by atoms with Gasteiger partial charge in [-0.2, -0.15) is 0 Å². The van der Waals surface area contributed by atoms with Crippen molar-refractivity contribution in [1.29, 1.82) is 0 Å². The standard InChI is InChI=1S/C13H23N3O/c1-10(2)15-7-12-6-14-9-16(12)13-4-5-17-8-11(13)3/h6,9-11,13,15H,4-5,7-8H2,1-3H3. The molecule has 0 bridgehead atoms. The van der Waals surface area contributed by atoms with Gasteiger partial charge in [0.2, 0.25) is 0 Å². The Morgan fingerprint density at radius 2 is 2.41 bits per heavy atom. The molecule has 0 aromatic carbocycles. The van der Waals surface area contributed by atoms with E-state index in [-0.39, 0.29) is 0 Å². The highest BCUT2D eigenvalue weighted by Gasteiger charge is 2.24. The van der Waals surface area contributed by atoms with Crippen molar-refractivity contribution in [2.24, 2.45) is 5.92 Å². The summed E-state index contributed by atoms with van der Waals surface area (Å²) in [7, 11) is 0. The van der Waals surface area contributed by atoms with Crippen molar-refractivity contribution in [3.63, 3.8) is 0 Å². The highest BCUT2D eigenvalue weighted by molar-refractivity contribution is 5.01. The van der Waals surface area contributed by atoms with Crippen molar-refractivity contribution in [1.82, 2.24) is 14.9 Å². The molecule has 1 saturated heterocycles. The maximum absolute atomic E-state index is 5.50. The normalized spacial score (nSPS) is 25.4. The van der Waals surface area contributed by atoms with Crippen LogP contribution in [0.3, 0.4) is 0 Å². The van der Waals surface area contributed by atoms with Gasteiger partial charge in [0, 0.05) is 37.4 Å². The quantitative estimate of drug-likeness (QED) is 0.870. The first-order valence-electron chi connectivity index (χ1n) is 6.50. The number of rotatable bonds is 4. The maximum atomic E-state index is 5.50. The van der Waals surface area contributed by atoms with Crippen LogP contribution in [0, 0.1) is 5.92 Å². The van der Waals surface area contributed by atoms with Gasteiger partial charge in [0.1, 0.15) is 0 Å². The monoisotopic (exact) mass is 237 g/mol. The predicted molar refractivity (Wildman–Crippen MR) is 67.8 cm³/mol. The lowest BCUT2D eigenvalue weighted by atomic mass is 9.97. The molecule has 0 aliphatic carbocycles. The van der Waals surface area contributed by atoms with E-state index in [0.29, 0.717) is 18.0 Å². The fourth-order valence-corrected chi connectivity index (χ4v) is 2.36. The Balaban J connectivity index is 2.06. The summed E-state index contributed by atoms with van der Waals surface area (Å²) in [5.41, 5.74) is 1.28. The lowest BCUT2D eigenvalue weighted by molar-refractivity contribution is 0.0278. The first kappa shape index (κ1) is 12.6. The molecular formula is C13H23N3O. The first-order valence-corrected chi connectivity index (χ1v) is 6.50. The molecule has 2 unspecified atom stereocenters. The number of imidazole rings is 1. The summed E-state index contributed by atoms with van der Waals surface area (Å²) < 4.78 is 7.82. The van der Waals surface area contributed by atoms with Crippen molar-refractivity contribution in [3.8, 4) is 0 Å². The molecule has 0 saturated carbocycles. The van der Waals surface area contributed by atoms with Crippen LogP contribution < -0.4 is 5.32 Å². The zero-order valence-electron chi connectivity index (χ0n) is 11.0. The van der Waals surface area contributed by atoms with Gasteiger partial charge in [-0.25, -0.2) is 4.98 Å². The largest absolute Gasteiger partial charge is 0.381 e. The van der Waals surface area contributed by atoms with Gasteiger partial charge in [-0.05, 0) is 6.42 Å².